The van der Waals surface area contributed by atoms with Crippen LogP contribution in [0.4, 0.5) is 5.69 Å². The van der Waals surface area contributed by atoms with Gasteiger partial charge in [-0.2, -0.15) is 5.26 Å². The van der Waals surface area contributed by atoms with E-state index in [1.807, 2.05) is 43.0 Å². The molecule has 1 amide bonds. The molecule has 5 heteroatoms. The van der Waals surface area contributed by atoms with Gasteiger partial charge in [0.2, 0.25) is 0 Å². The third kappa shape index (κ3) is 3.86. The van der Waals surface area contributed by atoms with Gasteiger partial charge in [-0.3, -0.25) is 4.79 Å². The summed E-state index contributed by atoms with van der Waals surface area (Å²) in [5.74, 6) is -0.185. The average Bonchev–Trinajstić information content (AvgIpc) is 2.56. The quantitative estimate of drug-likeness (QED) is 0.678. The van der Waals surface area contributed by atoms with Crippen molar-refractivity contribution in [3.63, 3.8) is 0 Å². The molecule has 5 nitrogen and oxygen atoms in total. The molecule has 1 N–H and O–H groups in total. The second kappa shape index (κ2) is 7.62. The molecule has 1 aliphatic heterocycles. The summed E-state index contributed by atoms with van der Waals surface area (Å²) in [6.45, 7) is 7.58. The van der Waals surface area contributed by atoms with Gasteiger partial charge in [0.15, 0.2) is 0 Å². The molecular weight excluding hydrogens is 276 g/mol. The number of nitrogens with one attached hydrogen (secondary N) is 1. The van der Waals surface area contributed by atoms with Crippen LogP contribution in [0.5, 0.6) is 0 Å². The highest BCUT2D eigenvalue weighted by molar-refractivity contribution is 5.97. The predicted molar refractivity (Wildman–Crippen MR) is 87.3 cm³/mol. The lowest BCUT2D eigenvalue weighted by atomic mass is 10.2. The molecular formula is C17H22N4O. The molecule has 0 saturated carbocycles. The summed E-state index contributed by atoms with van der Waals surface area (Å²) in [4.78, 5) is 16.1. The zero-order valence-corrected chi connectivity index (χ0v) is 13.2. The van der Waals surface area contributed by atoms with Crippen molar-refractivity contribution in [2.45, 2.75) is 13.8 Å². The number of nitrogens with zero attached hydrogens (tertiary/aromatic N) is 3. The number of rotatable bonds is 4. The van der Waals surface area contributed by atoms with Gasteiger partial charge in [-0.1, -0.05) is 12.1 Å². The zero-order valence-electron chi connectivity index (χ0n) is 13.2. The Hall–Kier alpha value is -2.32. The molecule has 0 radical (unpaired) electrons. The molecule has 0 aliphatic carbocycles. The van der Waals surface area contributed by atoms with Crippen LogP contribution in [-0.2, 0) is 4.79 Å². The molecule has 1 fully saturated rings. The van der Waals surface area contributed by atoms with Gasteiger partial charge in [0, 0.05) is 44.6 Å². The lowest BCUT2D eigenvalue weighted by Gasteiger charge is -2.27. The average molecular weight is 298 g/mol. The van der Waals surface area contributed by atoms with E-state index in [1.54, 1.807) is 11.1 Å². The van der Waals surface area contributed by atoms with Gasteiger partial charge in [-0.25, -0.2) is 0 Å². The van der Waals surface area contributed by atoms with Crippen molar-refractivity contribution in [1.29, 1.82) is 5.26 Å². The number of piperazine rings is 1. The van der Waals surface area contributed by atoms with Crippen molar-refractivity contribution < 1.29 is 4.79 Å². The molecule has 0 unspecified atom stereocenters. The first kappa shape index (κ1) is 16.1. The Morgan fingerprint density at radius 2 is 2.18 bits per heavy atom. The highest BCUT2D eigenvalue weighted by atomic mass is 16.2. The maximum atomic E-state index is 12.5. The summed E-state index contributed by atoms with van der Waals surface area (Å²) in [6.07, 6.45) is 1.67. The molecule has 1 heterocycles. The molecule has 0 atom stereocenters. The lowest BCUT2D eigenvalue weighted by molar-refractivity contribution is -0.127. The zero-order chi connectivity index (χ0) is 15.9. The number of aryl methyl sites for hydroxylation is 1. The maximum Gasteiger partial charge on any atom is 0.266 e. The minimum absolute atomic E-state index is 0.185. The van der Waals surface area contributed by atoms with Crippen molar-refractivity contribution in [3.05, 3.63) is 41.6 Å². The standard InChI is InChI=1S/C17H22N4O/c1-3-20(16-6-4-5-14(2)11-16)13-15(12-18)17(22)21-9-7-19-8-10-21/h4-6,11,13,19H,3,7-10H2,1-2H3/b15-13-. The Balaban J connectivity index is 2.22. The van der Waals surface area contributed by atoms with E-state index in [-0.39, 0.29) is 11.5 Å². The largest absolute Gasteiger partial charge is 0.347 e. The summed E-state index contributed by atoms with van der Waals surface area (Å²) in [5, 5.41) is 12.6. The Morgan fingerprint density at radius 3 is 2.77 bits per heavy atom. The fourth-order valence-electron chi connectivity index (χ4n) is 2.48. The Bertz CT molecular complexity index is 597. The van der Waals surface area contributed by atoms with E-state index < -0.39 is 0 Å². The Kier molecular flexibility index (Phi) is 5.56. The number of carbonyl (C=O) groups is 1. The van der Waals surface area contributed by atoms with Gasteiger partial charge >= 0.3 is 0 Å². The van der Waals surface area contributed by atoms with Crippen LogP contribution in [-0.4, -0.2) is 43.5 Å². The summed E-state index contributed by atoms with van der Waals surface area (Å²) >= 11 is 0. The van der Waals surface area contributed by atoms with Crippen molar-refractivity contribution >= 4 is 11.6 Å². The second-order valence-electron chi connectivity index (χ2n) is 5.32. The van der Waals surface area contributed by atoms with Crippen molar-refractivity contribution in [2.75, 3.05) is 37.6 Å². The second-order valence-corrected chi connectivity index (χ2v) is 5.32. The Morgan fingerprint density at radius 1 is 1.45 bits per heavy atom. The van der Waals surface area contributed by atoms with Crippen molar-refractivity contribution in [2.24, 2.45) is 0 Å². The van der Waals surface area contributed by atoms with Crippen LogP contribution in [0, 0.1) is 18.3 Å². The van der Waals surface area contributed by atoms with E-state index in [0.29, 0.717) is 19.6 Å². The number of carbonyl (C=O) groups excluding carboxylic acids is 1. The van der Waals surface area contributed by atoms with Gasteiger partial charge in [0.25, 0.3) is 5.91 Å². The molecule has 1 aromatic carbocycles. The number of hydrogen-bond donors (Lipinski definition) is 1. The molecule has 1 aliphatic rings. The summed E-state index contributed by atoms with van der Waals surface area (Å²) in [6, 6.07) is 10.1. The topological polar surface area (TPSA) is 59.4 Å². The molecule has 22 heavy (non-hydrogen) atoms. The highest BCUT2D eigenvalue weighted by Crippen LogP contribution is 2.17. The highest BCUT2D eigenvalue weighted by Gasteiger charge is 2.20. The first-order valence-electron chi connectivity index (χ1n) is 7.61. The van der Waals surface area contributed by atoms with E-state index in [1.165, 1.54) is 0 Å². The molecule has 0 aromatic heterocycles. The fourth-order valence-corrected chi connectivity index (χ4v) is 2.48. The minimum Gasteiger partial charge on any atom is -0.347 e. The number of amides is 1. The van der Waals surface area contributed by atoms with Crippen molar-refractivity contribution in [3.8, 4) is 6.07 Å². The van der Waals surface area contributed by atoms with Crippen LogP contribution in [0.25, 0.3) is 0 Å². The van der Waals surface area contributed by atoms with E-state index in [2.05, 4.69) is 11.4 Å². The third-order valence-corrected chi connectivity index (χ3v) is 3.71. The van der Waals surface area contributed by atoms with Crippen LogP contribution in [0.15, 0.2) is 36.0 Å². The van der Waals surface area contributed by atoms with Gasteiger partial charge < -0.3 is 15.1 Å². The van der Waals surface area contributed by atoms with Crippen LogP contribution < -0.4 is 10.2 Å². The maximum absolute atomic E-state index is 12.5. The molecule has 1 saturated heterocycles. The van der Waals surface area contributed by atoms with E-state index in [0.717, 1.165) is 24.3 Å². The molecule has 2 rings (SSSR count). The van der Waals surface area contributed by atoms with Crippen LogP contribution in [0.3, 0.4) is 0 Å². The monoisotopic (exact) mass is 298 g/mol. The molecule has 1 aromatic rings. The first-order chi connectivity index (χ1) is 10.7. The van der Waals surface area contributed by atoms with E-state index in [9.17, 15) is 10.1 Å². The number of anilines is 1. The molecule has 0 bridgehead atoms. The van der Waals surface area contributed by atoms with Gasteiger partial charge in [-0.15, -0.1) is 0 Å². The van der Waals surface area contributed by atoms with E-state index >= 15 is 0 Å². The number of benzene rings is 1. The SMILES string of the molecule is CCN(/C=C(/C#N)C(=O)N1CCNCC1)c1cccc(C)c1. The fraction of sp³-hybridized carbons (Fsp3) is 0.412. The number of nitriles is 1. The normalized spacial score (nSPS) is 15.3. The first-order valence-corrected chi connectivity index (χ1v) is 7.61. The minimum atomic E-state index is -0.185. The molecule has 116 valence electrons. The van der Waals surface area contributed by atoms with Crippen molar-refractivity contribution in [1.82, 2.24) is 10.2 Å². The summed E-state index contributed by atoms with van der Waals surface area (Å²) in [5.41, 5.74) is 2.32. The summed E-state index contributed by atoms with van der Waals surface area (Å²) < 4.78 is 0. The van der Waals surface area contributed by atoms with Gasteiger partial charge in [0.1, 0.15) is 11.6 Å². The predicted octanol–water partition coefficient (Wildman–Crippen LogP) is 1.66. The van der Waals surface area contributed by atoms with Crippen LogP contribution in [0.1, 0.15) is 12.5 Å². The van der Waals surface area contributed by atoms with Gasteiger partial charge in [0.05, 0.1) is 0 Å². The van der Waals surface area contributed by atoms with Gasteiger partial charge in [-0.05, 0) is 31.5 Å². The molecule has 0 spiro atoms. The lowest BCUT2D eigenvalue weighted by Crippen LogP contribution is -2.47. The van der Waals surface area contributed by atoms with Crippen LogP contribution in [0.2, 0.25) is 0 Å². The Labute approximate surface area is 131 Å². The van der Waals surface area contributed by atoms with E-state index in [4.69, 9.17) is 0 Å². The number of hydrogen-bond acceptors (Lipinski definition) is 4. The smallest absolute Gasteiger partial charge is 0.266 e. The summed E-state index contributed by atoms with van der Waals surface area (Å²) in [7, 11) is 0. The third-order valence-electron chi connectivity index (χ3n) is 3.71. The van der Waals surface area contributed by atoms with Crippen LogP contribution >= 0.6 is 0 Å².